The van der Waals surface area contributed by atoms with Crippen molar-refractivity contribution < 1.29 is 4.39 Å². The van der Waals surface area contributed by atoms with E-state index in [1.807, 2.05) is 6.07 Å². The Labute approximate surface area is 102 Å². The summed E-state index contributed by atoms with van der Waals surface area (Å²) in [4.78, 5) is 4.93. The van der Waals surface area contributed by atoms with Gasteiger partial charge in [-0.2, -0.15) is 5.26 Å². The first-order chi connectivity index (χ1) is 8.19. The molecule has 0 radical (unpaired) electrons. The minimum absolute atomic E-state index is 0.282. The lowest BCUT2D eigenvalue weighted by Crippen LogP contribution is -1.93. The van der Waals surface area contributed by atoms with Crippen molar-refractivity contribution in [2.75, 3.05) is 5.73 Å². The molecule has 1 aromatic heterocycles. The normalized spacial score (nSPS) is 9.88. The van der Waals surface area contributed by atoms with Crippen molar-refractivity contribution in [1.82, 2.24) is 4.98 Å². The molecule has 84 valence electrons. The van der Waals surface area contributed by atoms with Crippen LogP contribution in [0.5, 0.6) is 0 Å². The molecule has 0 saturated heterocycles. The quantitative estimate of drug-likeness (QED) is 0.883. The molecule has 0 bridgehead atoms. The van der Waals surface area contributed by atoms with Gasteiger partial charge in [0, 0.05) is 11.1 Å². The summed E-state index contributed by atoms with van der Waals surface area (Å²) < 4.78 is 12.7. The summed E-state index contributed by atoms with van der Waals surface area (Å²) in [5.74, 6) is -0.282. The van der Waals surface area contributed by atoms with E-state index in [1.165, 1.54) is 30.1 Å². The fourth-order valence-electron chi connectivity index (χ4n) is 1.23. The highest BCUT2D eigenvalue weighted by Crippen LogP contribution is 2.30. The molecule has 1 heterocycles. The van der Waals surface area contributed by atoms with Crippen LogP contribution in [0.4, 0.5) is 10.1 Å². The number of pyridine rings is 1. The molecule has 0 amide bonds. The molecule has 0 aliphatic carbocycles. The Balaban J connectivity index is 2.25. The zero-order valence-corrected chi connectivity index (χ0v) is 9.54. The van der Waals surface area contributed by atoms with Crippen molar-refractivity contribution in [1.29, 1.82) is 5.26 Å². The van der Waals surface area contributed by atoms with Crippen molar-refractivity contribution in [3.8, 4) is 6.07 Å². The fourth-order valence-corrected chi connectivity index (χ4v) is 2.01. The SMILES string of the molecule is N#Cc1cnc(Sc2ccc(F)cc2)c(N)c1. The third-order valence-electron chi connectivity index (χ3n) is 2.04. The smallest absolute Gasteiger partial charge is 0.124 e. The van der Waals surface area contributed by atoms with E-state index in [2.05, 4.69) is 4.98 Å². The lowest BCUT2D eigenvalue weighted by molar-refractivity contribution is 0.626. The molecule has 2 aromatic rings. The molecule has 0 fully saturated rings. The minimum Gasteiger partial charge on any atom is -0.396 e. The van der Waals surface area contributed by atoms with E-state index in [0.717, 1.165) is 4.90 Å². The van der Waals surface area contributed by atoms with Gasteiger partial charge in [0.15, 0.2) is 0 Å². The highest BCUT2D eigenvalue weighted by molar-refractivity contribution is 7.99. The van der Waals surface area contributed by atoms with E-state index >= 15 is 0 Å². The van der Waals surface area contributed by atoms with Crippen LogP contribution in [-0.2, 0) is 0 Å². The molecular formula is C12H8FN3S. The predicted molar refractivity (Wildman–Crippen MR) is 63.9 cm³/mol. The van der Waals surface area contributed by atoms with Crippen LogP contribution in [0.1, 0.15) is 5.56 Å². The molecule has 0 aliphatic rings. The van der Waals surface area contributed by atoms with E-state index < -0.39 is 0 Å². The monoisotopic (exact) mass is 245 g/mol. The number of nitriles is 1. The predicted octanol–water partition coefficient (Wildman–Crippen LogP) is 2.83. The van der Waals surface area contributed by atoms with Gasteiger partial charge in [0.05, 0.1) is 11.3 Å². The van der Waals surface area contributed by atoms with E-state index in [1.54, 1.807) is 18.2 Å². The maximum atomic E-state index is 12.7. The van der Waals surface area contributed by atoms with Gasteiger partial charge < -0.3 is 5.73 Å². The van der Waals surface area contributed by atoms with Crippen LogP contribution in [0.3, 0.4) is 0 Å². The summed E-state index contributed by atoms with van der Waals surface area (Å²) in [6.07, 6.45) is 1.46. The molecule has 0 spiro atoms. The first-order valence-corrected chi connectivity index (χ1v) is 5.60. The maximum Gasteiger partial charge on any atom is 0.124 e. The molecule has 17 heavy (non-hydrogen) atoms. The van der Waals surface area contributed by atoms with Gasteiger partial charge in [0.25, 0.3) is 0 Å². The summed E-state index contributed by atoms with van der Waals surface area (Å²) >= 11 is 1.33. The molecule has 5 heteroatoms. The first-order valence-electron chi connectivity index (χ1n) is 4.78. The molecule has 0 atom stereocenters. The second kappa shape index (κ2) is 4.85. The second-order valence-electron chi connectivity index (χ2n) is 3.29. The van der Waals surface area contributed by atoms with Gasteiger partial charge in [-0.1, -0.05) is 11.8 Å². The lowest BCUT2D eigenvalue weighted by atomic mass is 10.3. The van der Waals surface area contributed by atoms with E-state index in [-0.39, 0.29) is 5.82 Å². The Kier molecular flexibility index (Phi) is 3.26. The van der Waals surface area contributed by atoms with Crippen LogP contribution in [0.2, 0.25) is 0 Å². The molecule has 1 aromatic carbocycles. The Morgan fingerprint density at radius 3 is 2.59 bits per heavy atom. The molecule has 3 nitrogen and oxygen atoms in total. The molecule has 0 saturated carbocycles. The molecule has 0 aliphatic heterocycles. The first kappa shape index (κ1) is 11.4. The average molecular weight is 245 g/mol. The van der Waals surface area contributed by atoms with Crippen LogP contribution in [0, 0.1) is 17.1 Å². The molecule has 2 N–H and O–H groups in total. The number of nitrogens with two attached hydrogens (primary N) is 1. The van der Waals surface area contributed by atoms with E-state index in [0.29, 0.717) is 16.3 Å². The van der Waals surface area contributed by atoms with Gasteiger partial charge in [-0.05, 0) is 30.3 Å². The fraction of sp³-hybridized carbons (Fsp3) is 0. The van der Waals surface area contributed by atoms with Gasteiger partial charge in [-0.3, -0.25) is 0 Å². The minimum atomic E-state index is -0.282. The molecular weight excluding hydrogens is 237 g/mol. The van der Waals surface area contributed by atoms with Crippen LogP contribution < -0.4 is 5.73 Å². The Bertz CT molecular complexity index is 575. The summed E-state index contributed by atoms with van der Waals surface area (Å²) in [6, 6.07) is 9.59. The largest absolute Gasteiger partial charge is 0.396 e. The third kappa shape index (κ3) is 2.74. The number of aromatic nitrogens is 1. The Hall–Kier alpha value is -2.06. The van der Waals surface area contributed by atoms with E-state index in [9.17, 15) is 4.39 Å². The van der Waals surface area contributed by atoms with Gasteiger partial charge >= 0.3 is 0 Å². The topological polar surface area (TPSA) is 62.7 Å². The highest BCUT2D eigenvalue weighted by Gasteiger charge is 2.05. The lowest BCUT2D eigenvalue weighted by Gasteiger charge is -2.04. The number of anilines is 1. The van der Waals surface area contributed by atoms with Crippen molar-refractivity contribution in [2.24, 2.45) is 0 Å². The number of hydrogen-bond acceptors (Lipinski definition) is 4. The number of hydrogen-bond donors (Lipinski definition) is 1. The summed E-state index contributed by atoms with van der Waals surface area (Å²) in [5.41, 5.74) is 6.63. The van der Waals surface area contributed by atoms with Gasteiger partial charge in [0.2, 0.25) is 0 Å². The Morgan fingerprint density at radius 1 is 1.29 bits per heavy atom. The zero-order valence-electron chi connectivity index (χ0n) is 8.72. The Morgan fingerprint density at radius 2 is 2.00 bits per heavy atom. The van der Waals surface area contributed by atoms with Crippen molar-refractivity contribution in [3.05, 3.63) is 47.9 Å². The number of benzene rings is 1. The standard InChI is InChI=1S/C12H8FN3S/c13-9-1-3-10(4-2-9)17-12-11(15)5-8(6-14)7-16-12/h1-5,7H,15H2. The molecule has 0 unspecified atom stereocenters. The summed E-state index contributed by atoms with van der Waals surface area (Å²) in [6.45, 7) is 0. The van der Waals surface area contributed by atoms with Crippen molar-refractivity contribution >= 4 is 17.4 Å². The zero-order chi connectivity index (χ0) is 12.3. The molecule has 2 rings (SSSR count). The van der Waals surface area contributed by atoms with Crippen LogP contribution in [-0.4, -0.2) is 4.98 Å². The second-order valence-corrected chi connectivity index (χ2v) is 4.35. The van der Waals surface area contributed by atoms with E-state index in [4.69, 9.17) is 11.0 Å². The van der Waals surface area contributed by atoms with Gasteiger partial charge in [-0.25, -0.2) is 9.37 Å². The number of nitrogen functional groups attached to an aromatic ring is 1. The van der Waals surface area contributed by atoms with Crippen LogP contribution in [0.25, 0.3) is 0 Å². The number of nitrogens with zero attached hydrogens (tertiary/aromatic N) is 2. The van der Waals surface area contributed by atoms with Gasteiger partial charge in [-0.15, -0.1) is 0 Å². The summed E-state index contributed by atoms with van der Waals surface area (Å²) in [5, 5.41) is 9.29. The third-order valence-corrected chi connectivity index (χ3v) is 3.08. The van der Waals surface area contributed by atoms with Crippen molar-refractivity contribution in [3.63, 3.8) is 0 Å². The van der Waals surface area contributed by atoms with Gasteiger partial charge in [0.1, 0.15) is 16.9 Å². The van der Waals surface area contributed by atoms with Crippen molar-refractivity contribution in [2.45, 2.75) is 9.92 Å². The average Bonchev–Trinajstić information content (AvgIpc) is 2.34. The highest BCUT2D eigenvalue weighted by atomic mass is 32.2. The van der Waals surface area contributed by atoms with Crippen LogP contribution >= 0.6 is 11.8 Å². The number of rotatable bonds is 2. The number of halogens is 1. The van der Waals surface area contributed by atoms with Crippen LogP contribution in [0.15, 0.2) is 46.5 Å². The maximum absolute atomic E-state index is 12.7. The summed E-state index contributed by atoms with van der Waals surface area (Å²) in [7, 11) is 0.